The third kappa shape index (κ3) is 3.36. The molecule has 27 valence electrons. The maximum Gasteiger partial charge on any atom is 0.0440 e. The molecule has 0 aliphatic heterocycles. The van der Waals surface area contributed by atoms with Crippen LogP contribution in [0.3, 0.4) is 0 Å². The molecular formula is C4H6N. The highest BCUT2D eigenvalue weighted by molar-refractivity contribution is 4.80. The lowest BCUT2D eigenvalue weighted by Gasteiger charge is -1.93. The molecule has 1 radical (unpaired) electrons. The van der Waals surface area contributed by atoms with Crippen molar-refractivity contribution in [1.29, 1.82) is 0 Å². The third-order valence-corrected chi connectivity index (χ3v) is 0.220. The molecule has 0 aliphatic carbocycles. The SMILES string of the molecule is C#CN([CH2])C. The lowest BCUT2D eigenvalue weighted by molar-refractivity contribution is 0.657. The summed E-state index contributed by atoms with van der Waals surface area (Å²) in [5.41, 5.74) is 0. The van der Waals surface area contributed by atoms with E-state index >= 15 is 0 Å². The lowest BCUT2D eigenvalue weighted by atomic mass is 10.9. The fourth-order valence-corrected chi connectivity index (χ4v) is 0. The van der Waals surface area contributed by atoms with Gasteiger partial charge in [-0.3, -0.25) is 0 Å². The maximum atomic E-state index is 4.78. The smallest absolute Gasteiger partial charge is 0.0440 e. The van der Waals surface area contributed by atoms with Gasteiger partial charge in [0.05, 0.1) is 0 Å². The van der Waals surface area contributed by atoms with E-state index in [0.717, 1.165) is 0 Å². The molecule has 1 nitrogen and oxygen atoms in total. The average molecular weight is 68.1 g/mol. The largest absolute Gasteiger partial charge is 0.334 e. The van der Waals surface area contributed by atoms with Crippen LogP contribution < -0.4 is 0 Å². The first-order chi connectivity index (χ1) is 2.27. The van der Waals surface area contributed by atoms with Gasteiger partial charge in [-0.05, 0) is 0 Å². The predicted octanol–water partition coefficient (Wildman–Crippen LogP) is 0.300. The van der Waals surface area contributed by atoms with Gasteiger partial charge < -0.3 is 4.90 Å². The summed E-state index contributed by atoms with van der Waals surface area (Å²) in [6.45, 7) is 0. The van der Waals surface area contributed by atoms with Crippen LogP contribution in [-0.2, 0) is 0 Å². The van der Waals surface area contributed by atoms with E-state index in [-0.39, 0.29) is 0 Å². The summed E-state index contributed by atoms with van der Waals surface area (Å²) in [5, 5.41) is 0. The first-order valence-electron chi connectivity index (χ1n) is 1.28. The van der Waals surface area contributed by atoms with E-state index in [0.29, 0.717) is 0 Å². The molecule has 0 saturated heterocycles. The molecule has 0 spiro atoms. The second kappa shape index (κ2) is 1.66. The molecule has 0 aromatic heterocycles. The Morgan fingerprint density at radius 1 is 2.00 bits per heavy atom. The number of hydrogen-bond acceptors (Lipinski definition) is 1. The molecule has 0 aromatic carbocycles. The van der Waals surface area contributed by atoms with E-state index in [9.17, 15) is 0 Å². The zero-order valence-electron chi connectivity index (χ0n) is 3.23. The van der Waals surface area contributed by atoms with Gasteiger partial charge in [-0.2, -0.15) is 0 Å². The van der Waals surface area contributed by atoms with E-state index in [4.69, 9.17) is 6.42 Å². The van der Waals surface area contributed by atoms with Crippen LogP contribution in [0.25, 0.3) is 0 Å². The summed E-state index contributed by atoms with van der Waals surface area (Å²) >= 11 is 0. The van der Waals surface area contributed by atoms with Crippen molar-refractivity contribution in [3.63, 3.8) is 0 Å². The minimum absolute atomic E-state index is 1.40. The number of hydrogen-bond donors (Lipinski definition) is 0. The normalized spacial score (nSPS) is 5.80. The molecule has 0 aliphatic rings. The molecule has 0 atom stereocenters. The molecular weight excluding hydrogens is 62.1 g/mol. The van der Waals surface area contributed by atoms with Gasteiger partial charge in [0.1, 0.15) is 0 Å². The van der Waals surface area contributed by atoms with Crippen LogP contribution >= 0.6 is 0 Å². The van der Waals surface area contributed by atoms with Gasteiger partial charge in [-0.15, -0.1) is 0 Å². The first kappa shape index (κ1) is 4.36. The van der Waals surface area contributed by atoms with Gasteiger partial charge in [-0.1, -0.05) is 6.42 Å². The van der Waals surface area contributed by atoms with Crippen molar-refractivity contribution in [2.75, 3.05) is 7.05 Å². The van der Waals surface area contributed by atoms with Crippen LogP contribution in [0.15, 0.2) is 0 Å². The standard InChI is InChI=1S/C4H6N/c1-4-5(2)3/h1H,2H2,3H3. The fraction of sp³-hybridized carbons (Fsp3) is 0.250. The van der Waals surface area contributed by atoms with Gasteiger partial charge in [0.2, 0.25) is 0 Å². The van der Waals surface area contributed by atoms with Gasteiger partial charge in [-0.25, -0.2) is 0 Å². The molecule has 0 N–H and O–H groups in total. The van der Waals surface area contributed by atoms with E-state index in [1.807, 2.05) is 0 Å². The molecule has 0 amide bonds. The summed E-state index contributed by atoms with van der Waals surface area (Å²) < 4.78 is 0. The van der Waals surface area contributed by atoms with Crippen LogP contribution in [0.5, 0.6) is 0 Å². The Balaban J connectivity index is 2.94. The topological polar surface area (TPSA) is 3.24 Å². The minimum atomic E-state index is 1.40. The maximum absolute atomic E-state index is 4.78. The molecule has 5 heavy (non-hydrogen) atoms. The Morgan fingerprint density at radius 3 is 2.20 bits per heavy atom. The zero-order valence-corrected chi connectivity index (χ0v) is 3.23. The van der Waals surface area contributed by atoms with Crippen molar-refractivity contribution < 1.29 is 0 Å². The second-order valence-corrected chi connectivity index (χ2v) is 0.827. The van der Waals surface area contributed by atoms with E-state index in [1.165, 1.54) is 4.90 Å². The highest BCUT2D eigenvalue weighted by Crippen LogP contribution is 1.61. The Labute approximate surface area is 32.6 Å². The van der Waals surface area contributed by atoms with Crippen LogP contribution in [-0.4, -0.2) is 11.9 Å². The lowest BCUT2D eigenvalue weighted by Crippen LogP contribution is -1.95. The predicted molar refractivity (Wildman–Crippen MR) is 22.0 cm³/mol. The van der Waals surface area contributed by atoms with Crippen molar-refractivity contribution in [1.82, 2.24) is 4.90 Å². The minimum Gasteiger partial charge on any atom is -0.334 e. The summed E-state index contributed by atoms with van der Waals surface area (Å²) in [6, 6.07) is 2.25. The summed E-state index contributed by atoms with van der Waals surface area (Å²) in [6.07, 6.45) is 4.78. The monoisotopic (exact) mass is 68.1 g/mol. The molecule has 0 aromatic rings. The number of nitrogens with zero attached hydrogens (tertiary/aromatic N) is 1. The van der Waals surface area contributed by atoms with Gasteiger partial charge in [0, 0.05) is 20.1 Å². The fourth-order valence-electron chi connectivity index (χ4n) is 0. The van der Waals surface area contributed by atoms with E-state index in [1.54, 1.807) is 7.05 Å². The highest BCUT2D eigenvalue weighted by Gasteiger charge is 1.62. The van der Waals surface area contributed by atoms with Gasteiger partial charge in [0.25, 0.3) is 0 Å². The van der Waals surface area contributed by atoms with E-state index in [2.05, 4.69) is 13.1 Å². The summed E-state index contributed by atoms with van der Waals surface area (Å²) in [5.74, 6) is 0. The molecule has 0 saturated carbocycles. The zero-order chi connectivity index (χ0) is 4.28. The molecule has 0 fully saturated rings. The molecule has 0 bridgehead atoms. The van der Waals surface area contributed by atoms with Crippen molar-refractivity contribution in [2.45, 2.75) is 0 Å². The van der Waals surface area contributed by atoms with Crippen LogP contribution in [0, 0.1) is 19.5 Å². The number of terminal acetylenes is 1. The molecule has 0 unspecified atom stereocenters. The first-order valence-corrected chi connectivity index (χ1v) is 1.28. The molecule has 0 rings (SSSR count). The summed E-state index contributed by atoms with van der Waals surface area (Å²) in [4.78, 5) is 1.40. The highest BCUT2D eigenvalue weighted by atomic mass is 15.0. The average Bonchev–Trinajstić information content (AvgIpc) is 1.38. The molecule has 1 heteroatoms. The quantitative estimate of drug-likeness (QED) is 0.291. The van der Waals surface area contributed by atoms with Crippen LogP contribution in [0.1, 0.15) is 0 Å². The van der Waals surface area contributed by atoms with Crippen LogP contribution in [0.4, 0.5) is 0 Å². The second-order valence-electron chi connectivity index (χ2n) is 0.827. The van der Waals surface area contributed by atoms with E-state index < -0.39 is 0 Å². The van der Waals surface area contributed by atoms with Crippen LogP contribution in [0.2, 0.25) is 0 Å². The third-order valence-electron chi connectivity index (χ3n) is 0.220. The Bertz CT molecular complexity index is 49.2. The number of rotatable bonds is 0. The molecule has 0 heterocycles. The van der Waals surface area contributed by atoms with Crippen molar-refractivity contribution in [2.24, 2.45) is 0 Å². The van der Waals surface area contributed by atoms with Crippen molar-refractivity contribution in [3.05, 3.63) is 7.05 Å². The van der Waals surface area contributed by atoms with Gasteiger partial charge >= 0.3 is 0 Å². The Kier molecular flexibility index (Phi) is 1.45. The Morgan fingerprint density at radius 2 is 2.20 bits per heavy atom. The van der Waals surface area contributed by atoms with Crippen molar-refractivity contribution >= 4 is 0 Å². The van der Waals surface area contributed by atoms with Crippen molar-refractivity contribution in [3.8, 4) is 12.5 Å². The van der Waals surface area contributed by atoms with Gasteiger partial charge in [0.15, 0.2) is 0 Å². The summed E-state index contributed by atoms with van der Waals surface area (Å²) in [7, 11) is 5.06. The Hall–Kier alpha value is -0.640.